The molecule has 0 aromatic heterocycles. The largest absolute Gasteiger partial charge is 0.387 e. The van der Waals surface area contributed by atoms with Crippen molar-refractivity contribution in [1.82, 2.24) is 5.32 Å². The third-order valence-corrected chi connectivity index (χ3v) is 2.54. The summed E-state index contributed by atoms with van der Waals surface area (Å²) >= 11 is 0. The molecule has 1 fully saturated rings. The smallest absolute Gasteiger partial charge is 0.0952 e. The zero-order valence-corrected chi connectivity index (χ0v) is 7.06. The molecule has 1 saturated carbocycles. The summed E-state index contributed by atoms with van der Waals surface area (Å²) in [7, 11) is 1.95. The third kappa shape index (κ3) is 1.93. The summed E-state index contributed by atoms with van der Waals surface area (Å²) in [6.45, 7) is 0. The Morgan fingerprint density at radius 3 is 2.55 bits per heavy atom. The normalized spacial score (nSPS) is 31.7. The minimum atomic E-state index is 0.286. The van der Waals surface area contributed by atoms with Gasteiger partial charge in [0.05, 0.1) is 5.84 Å². The highest BCUT2D eigenvalue weighted by Gasteiger charge is 2.25. The van der Waals surface area contributed by atoms with E-state index in [1.807, 2.05) is 7.05 Å². The van der Waals surface area contributed by atoms with Crippen molar-refractivity contribution in [3.05, 3.63) is 0 Å². The molecule has 64 valence electrons. The number of rotatable bonds is 2. The Kier molecular flexibility index (Phi) is 2.88. The Hall–Kier alpha value is -0.570. The highest BCUT2D eigenvalue weighted by Crippen LogP contribution is 2.23. The lowest BCUT2D eigenvalue weighted by Crippen LogP contribution is -2.42. The number of nitrogens with two attached hydrogens (primary N) is 1. The molecular weight excluding hydrogens is 138 g/mol. The second-order valence-corrected chi connectivity index (χ2v) is 3.24. The summed E-state index contributed by atoms with van der Waals surface area (Å²) in [4.78, 5) is 0. The zero-order chi connectivity index (χ0) is 8.27. The van der Waals surface area contributed by atoms with Crippen LogP contribution < -0.4 is 11.1 Å². The van der Waals surface area contributed by atoms with Crippen LogP contribution in [0.15, 0.2) is 0 Å². The minimum Gasteiger partial charge on any atom is -0.387 e. The first-order valence-electron chi connectivity index (χ1n) is 4.27. The fourth-order valence-electron chi connectivity index (χ4n) is 1.85. The van der Waals surface area contributed by atoms with Crippen LogP contribution >= 0.6 is 0 Å². The monoisotopic (exact) mass is 155 g/mol. The van der Waals surface area contributed by atoms with E-state index in [4.69, 9.17) is 11.1 Å². The molecule has 0 heterocycles. The fourth-order valence-corrected chi connectivity index (χ4v) is 1.85. The van der Waals surface area contributed by atoms with Crippen LogP contribution in [0.4, 0.5) is 0 Å². The van der Waals surface area contributed by atoms with Gasteiger partial charge >= 0.3 is 0 Å². The van der Waals surface area contributed by atoms with Gasteiger partial charge < -0.3 is 11.1 Å². The summed E-state index contributed by atoms with van der Waals surface area (Å²) in [5.41, 5.74) is 5.48. The molecule has 0 bridgehead atoms. The van der Waals surface area contributed by atoms with E-state index in [9.17, 15) is 0 Å². The van der Waals surface area contributed by atoms with E-state index in [1.165, 1.54) is 19.3 Å². The number of hydrogen-bond acceptors (Lipinski definition) is 2. The first-order chi connectivity index (χ1) is 5.25. The summed E-state index contributed by atoms with van der Waals surface area (Å²) in [5, 5.41) is 10.6. The average Bonchev–Trinajstić information content (AvgIpc) is 2.04. The van der Waals surface area contributed by atoms with Gasteiger partial charge in [0.1, 0.15) is 0 Å². The number of hydrogen-bond donors (Lipinski definition) is 3. The zero-order valence-electron chi connectivity index (χ0n) is 7.06. The van der Waals surface area contributed by atoms with Crippen molar-refractivity contribution in [2.45, 2.75) is 31.7 Å². The van der Waals surface area contributed by atoms with E-state index in [-0.39, 0.29) is 5.92 Å². The summed E-state index contributed by atoms with van der Waals surface area (Å²) in [5.74, 6) is 0.637. The molecule has 1 aliphatic rings. The first kappa shape index (κ1) is 8.53. The maximum atomic E-state index is 7.36. The molecule has 0 aromatic rings. The van der Waals surface area contributed by atoms with E-state index in [0.717, 1.165) is 6.42 Å². The molecular formula is C8H17N3. The van der Waals surface area contributed by atoms with Crippen LogP contribution in [-0.2, 0) is 0 Å². The van der Waals surface area contributed by atoms with Crippen molar-refractivity contribution in [3.8, 4) is 0 Å². The molecule has 0 radical (unpaired) electrons. The van der Waals surface area contributed by atoms with E-state index in [2.05, 4.69) is 5.32 Å². The number of amidine groups is 1. The van der Waals surface area contributed by atoms with Crippen LogP contribution in [0.25, 0.3) is 0 Å². The summed E-state index contributed by atoms with van der Waals surface area (Å²) < 4.78 is 0. The minimum absolute atomic E-state index is 0.286. The predicted octanol–water partition coefficient (Wildman–Crippen LogP) is 0.701. The van der Waals surface area contributed by atoms with Crippen molar-refractivity contribution in [2.75, 3.05) is 7.05 Å². The highest BCUT2D eigenvalue weighted by atomic mass is 14.9. The first-order valence-corrected chi connectivity index (χ1v) is 4.27. The maximum Gasteiger partial charge on any atom is 0.0952 e. The van der Waals surface area contributed by atoms with Gasteiger partial charge in [-0.2, -0.15) is 0 Å². The lowest BCUT2D eigenvalue weighted by atomic mass is 9.84. The van der Waals surface area contributed by atoms with Crippen molar-refractivity contribution in [2.24, 2.45) is 11.7 Å². The van der Waals surface area contributed by atoms with Crippen LogP contribution in [-0.4, -0.2) is 18.9 Å². The Balaban J connectivity index is 2.51. The molecule has 0 unspecified atom stereocenters. The van der Waals surface area contributed by atoms with Gasteiger partial charge in [-0.15, -0.1) is 0 Å². The highest BCUT2D eigenvalue weighted by molar-refractivity contribution is 5.80. The van der Waals surface area contributed by atoms with E-state index >= 15 is 0 Å². The maximum absolute atomic E-state index is 7.36. The van der Waals surface area contributed by atoms with Crippen molar-refractivity contribution in [3.63, 3.8) is 0 Å². The predicted molar refractivity (Wildman–Crippen MR) is 46.7 cm³/mol. The second-order valence-electron chi connectivity index (χ2n) is 3.24. The van der Waals surface area contributed by atoms with Gasteiger partial charge in [-0.1, -0.05) is 12.8 Å². The average molecular weight is 155 g/mol. The molecule has 0 aromatic carbocycles. The van der Waals surface area contributed by atoms with Gasteiger partial charge in [-0.05, 0) is 19.9 Å². The molecule has 0 saturated heterocycles. The SMILES string of the molecule is CN[C@@H]1CCCC[C@@H]1C(=N)N. The van der Waals surface area contributed by atoms with Crippen molar-refractivity contribution < 1.29 is 0 Å². The van der Waals surface area contributed by atoms with Gasteiger partial charge in [-0.3, -0.25) is 5.41 Å². The quantitative estimate of drug-likeness (QED) is 0.406. The Morgan fingerprint density at radius 1 is 1.45 bits per heavy atom. The van der Waals surface area contributed by atoms with Gasteiger partial charge in [0.15, 0.2) is 0 Å². The van der Waals surface area contributed by atoms with Crippen molar-refractivity contribution in [1.29, 1.82) is 5.41 Å². The summed E-state index contributed by atoms with van der Waals surface area (Å²) in [6.07, 6.45) is 4.75. The molecule has 11 heavy (non-hydrogen) atoms. The van der Waals surface area contributed by atoms with E-state index in [0.29, 0.717) is 11.9 Å². The van der Waals surface area contributed by atoms with Crippen LogP contribution in [0.1, 0.15) is 25.7 Å². The van der Waals surface area contributed by atoms with Crippen LogP contribution in [0.2, 0.25) is 0 Å². The third-order valence-electron chi connectivity index (χ3n) is 2.54. The number of nitrogens with one attached hydrogen (secondary N) is 2. The molecule has 4 N–H and O–H groups in total. The molecule has 0 aliphatic heterocycles. The lowest BCUT2D eigenvalue weighted by molar-refractivity contribution is 0.336. The summed E-state index contributed by atoms with van der Waals surface area (Å²) in [6, 6.07) is 0.446. The Bertz CT molecular complexity index is 144. The molecule has 3 heteroatoms. The lowest BCUT2D eigenvalue weighted by Gasteiger charge is -2.30. The Labute approximate surface area is 67.9 Å². The molecule has 3 nitrogen and oxygen atoms in total. The van der Waals surface area contributed by atoms with Crippen LogP contribution in [0.5, 0.6) is 0 Å². The topological polar surface area (TPSA) is 61.9 Å². The van der Waals surface area contributed by atoms with E-state index < -0.39 is 0 Å². The van der Waals surface area contributed by atoms with Crippen LogP contribution in [0.3, 0.4) is 0 Å². The fraction of sp³-hybridized carbons (Fsp3) is 0.875. The van der Waals surface area contributed by atoms with Gasteiger partial charge in [0.25, 0.3) is 0 Å². The molecule has 0 spiro atoms. The molecule has 1 rings (SSSR count). The van der Waals surface area contributed by atoms with Gasteiger partial charge in [-0.25, -0.2) is 0 Å². The second kappa shape index (κ2) is 3.72. The standard InChI is InChI=1S/C8H17N3/c1-11-7-5-3-2-4-6(7)8(9)10/h6-7,11H,2-5H2,1H3,(H3,9,10)/t6-,7+/m0/s1. The molecule has 1 aliphatic carbocycles. The molecule has 2 atom stereocenters. The molecule has 0 amide bonds. The van der Waals surface area contributed by atoms with Gasteiger partial charge in [0, 0.05) is 12.0 Å². The van der Waals surface area contributed by atoms with Gasteiger partial charge in [0.2, 0.25) is 0 Å². The van der Waals surface area contributed by atoms with Crippen LogP contribution in [0, 0.1) is 11.3 Å². The van der Waals surface area contributed by atoms with E-state index in [1.54, 1.807) is 0 Å². The van der Waals surface area contributed by atoms with Crippen molar-refractivity contribution >= 4 is 5.84 Å². The Morgan fingerprint density at radius 2 is 2.09 bits per heavy atom.